The smallest absolute Gasteiger partial charge is 0.0711 e. The van der Waals surface area contributed by atoms with Gasteiger partial charge in [0.15, 0.2) is 0 Å². The molecule has 0 bridgehead atoms. The second-order valence-corrected chi connectivity index (χ2v) is 10.9. The monoisotopic (exact) mass is 496 g/mol. The molecule has 0 fully saturated rings. The molecule has 0 aliphatic heterocycles. The van der Waals surface area contributed by atoms with Gasteiger partial charge in [0.25, 0.3) is 0 Å². The van der Waals surface area contributed by atoms with Crippen LogP contribution in [0.3, 0.4) is 0 Å². The van der Waals surface area contributed by atoms with Crippen LogP contribution in [0.1, 0.15) is 61.8 Å². The van der Waals surface area contributed by atoms with E-state index in [-0.39, 0.29) is 0 Å². The summed E-state index contributed by atoms with van der Waals surface area (Å²) >= 11 is 6.36. The standard InChI is InChI=1S/C14H20ClN3.C14H21N3/c1-10(2)12-8-16-18-9-11(5-6-17(3)4)13(15)7-14(12)18;1-11(2)13-9-15-17-10-12(5-6-14(13)17)7-8-16(3)4/h7-10H,5-6H2,1-4H3;5-6,9-11H,7-8H2,1-4H3. The van der Waals surface area contributed by atoms with Crippen LogP contribution in [0.15, 0.2) is 43.0 Å². The van der Waals surface area contributed by atoms with E-state index in [4.69, 9.17) is 11.6 Å². The Morgan fingerprint density at radius 1 is 0.771 bits per heavy atom. The normalized spacial score (nSPS) is 11.9. The van der Waals surface area contributed by atoms with E-state index in [9.17, 15) is 0 Å². The van der Waals surface area contributed by atoms with E-state index in [2.05, 4.69) is 94.2 Å². The van der Waals surface area contributed by atoms with Crippen molar-refractivity contribution in [3.8, 4) is 0 Å². The maximum absolute atomic E-state index is 6.36. The Kier molecular flexibility index (Phi) is 9.34. The molecule has 0 atom stereocenters. The number of aromatic nitrogens is 4. The lowest BCUT2D eigenvalue weighted by molar-refractivity contribution is 0.413. The fourth-order valence-corrected chi connectivity index (χ4v) is 4.27. The zero-order valence-corrected chi connectivity index (χ0v) is 23.3. The Labute approximate surface area is 215 Å². The highest BCUT2D eigenvalue weighted by Crippen LogP contribution is 2.25. The van der Waals surface area contributed by atoms with Crippen LogP contribution in [0.4, 0.5) is 0 Å². The fourth-order valence-electron chi connectivity index (χ4n) is 4.02. The predicted molar refractivity (Wildman–Crippen MR) is 148 cm³/mol. The molecule has 0 aromatic carbocycles. The van der Waals surface area contributed by atoms with E-state index in [0.717, 1.165) is 42.0 Å². The van der Waals surface area contributed by atoms with Crippen molar-refractivity contribution in [1.29, 1.82) is 0 Å². The zero-order valence-electron chi connectivity index (χ0n) is 22.6. The molecule has 0 unspecified atom stereocenters. The minimum Gasteiger partial charge on any atom is -0.309 e. The quantitative estimate of drug-likeness (QED) is 0.310. The van der Waals surface area contributed by atoms with Crippen LogP contribution in [0.5, 0.6) is 0 Å². The Hall–Kier alpha value is -2.41. The molecule has 0 aliphatic carbocycles. The van der Waals surface area contributed by atoms with Gasteiger partial charge >= 0.3 is 0 Å². The summed E-state index contributed by atoms with van der Waals surface area (Å²) in [5.41, 5.74) is 7.40. The second kappa shape index (κ2) is 12.0. The van der Waals surface area contributed by atoms with Crippen molar-refractivity contribution in [2.45, 2.75) is 52.4 Å². The Morgan fingerprint density at radius 2 is 1.31 bits per heavy atom. The SMILES string of the molecule is CC(C)c1cnn2cc(CCN(C)C)c(Cl)cc12.CC(C)c1cnn2cc(CCN(C)C)ccc12. The van der Waals surface area contributed by atoms with E-state index in [1.807, 2.05) is 33.7 Å². The number of fused-ring (bicyclic) bond motifs is 2. The number of pyridine rings is 2. The van der Waals surface area contributed by atoms with Crippen molar-refractivity contribution in [3.05, 3.63) is 70.3 Å². The number of rotatable bonds is 8. The van der Waals surface area contributed by atoms with Crippen LogP contribution in [0.25, 0.3) is 11.0 Å². The van der Waals surface area contributed by atoms with Gasteiger partial charge in [-0.1, -0.05) is 45.4 Å². The summed E-state index contributed by atoms with van der Waals surface area (Å²) in [4.78, 5) is 4.36. The van der Waals surface area contributed by atoms with Crippen molar-refractivity contribution in [1.82, 2.24) is 29.0 Å². The molecule has 4 aromatic heterocycles. The van der Waals surface area contributed by atoms with Crippen LogP contribution < -0.4 is 0 Å². The molecule has 0 saturated carbocycles. The second-order valence-electron chi connectivity index (χ2n) is 10.5. The number of nitrogens with zero attached hydrogens (tertiary/aromatic N) is 6. The summed E-state index contributed by atoms with van der Waals surface area (Å²) in [6.07, 6.45) is 10.1. The van der Waals surface area contributed by atoms with Crippen molar-refractivity contribution in [2.24, 2.45) is 0 Å². The van der Waals surface area contributed by atoms with Crippen molar-refractivity contribution in [2.75, 3.05) is 41.3 Å². The molecule has 4 rings (SSSR count). The van der Waals surface area contributed by atoms with Gasteiger partial charge in [-0.25, -0.2) is 9.03 Å². The molecule has 35 heavy (non-hydrogen) atoms. The Bertz CT molecular complexity index is 1240. The number of hydrogen-bond acceptors (Lipinski definition) is 4. The summed E-state index contributed by atoms with van der Waals surface area (Å²) in [5, 5.41) is 9.68. The van der Waals surface area contributed by atoms with Gasteiger partial charge in [-0.2, -0.15) is 10.2 Å². The molecule has 4 aromatic rings. The first kappa shape index (κ1) is 27.2. The third-order valence-corrected chi connectivity index (χ3v) is 6.59. The molecule has 0 radical (unpaired) electrons. The predicted octanol–water partition coefficient (Wildman–Crippen LogP) is 5.78. The molecule has 6 nitrogen and oxygen atoms in total. The summed E-state index contributed by atoms with van der Waals surface area (Å²) in [7, 11) is 8.33. The van der Waals surface area contributed by atoms with Gasteiger partial charge in [0, 0.05) is 41.6 Å². The van der Waals surface area contributed by atoms with Gasteiger partial charge < -0.3 is 9.80 Å². The first-order valence-electron chi connectivity index (χ1n) is 12.5. The lowest BCUT2D eigenvalue weighted by Crippen LogP contribution is -2.15. The van der Waals surface area contributed by atoms with Gasteiger partial charge in [0.1, 0.15) is 0 Å². The van der Waals surface area contributed by atoms with Crippen LogP contribution in [0.2, 0.25) is 5.02 Å². The average Bonchev–Trinajstić information content (AvgIpc) is 3.40. The molecule has 190 valence electrons. The molecular formula is C28H41ClN6. The highest BCUT2D eigenvalue weighted by Gasteiger charge is 2.11. The molecule has 0 N–H and O–H groups in total. The van der Waals surface area contributed by atoms with E-state index in [1.165, 1.54) is 22.2 Å². The van der Waals surface area contributed by atoms with Crippen LogP contribution in [-0.4, -0.2) is 70.3 Å². The minimum absolute atomic E-state index is 0.464. The third-order valence-electron chi connectivity index (χ3n) is 6.24. The molecule has 4 heterocycles. The molecule has 0 spiro atoms. The largest absolute Gasteiger partial charge is 0.309 e. The fraction of sp³-hybridized carbons (Fsp3) is 0.500. The minimum atomic E-state index is 0.464. The van der Waals surface area contributed by atoms with Crippen molar-refractivity contribution < 1.29 is 0 Å². The van der Waals surface area contributed by atoms with Crippen molar-refractivity contribution >= 4 is 22.6 Å². The lowest BCUT2D eigenvalue weighted by atomic mass is 10.1. The first-order chi connectivity index (χ1) is 16.6. The van der Waals surface area contributed by atoms with E-state index in [1.54, 1.807) is 0 Å². The molecule has 7 heteroatoms. The average molecular weight is 497 g/mol. The van der Waals surface area contributed by atoms with Gasteiger partial charge in [0.2, 0.25) is 0 Å². The van der Waals surface area contributed by atoms with E-state index in [0.29, 0.717) is 11.8 Å². The lowest BCUT2D eigenvalue weighted by Gasteiger charge is -2.11. The maximum atomic E-state index is 6.36. The molecular weight excluding hydrogens is 456 g/mol. The van der Waals surface area contributed by atoms with Crippen molar-refractivity contribution in [3.63, 3.8) is 0 Å². The summed E-state index contributed by atoms with van der Waals surface area (Å²) < 4.78 is 3.94. The van der Waals surface area contributed by atoms with Crippen LogP contribution in [0, 0.1) is 0 Å². The molecule has 0 aliphatic rings. The van der Waals surface area contributed by atoms with Gasteiger partial charge in [-0.3, -0.25) is 0 Å². The van der Waals surface area contributed by atoms with Crippen LogP contribution in [-0.2, 0) is 12.8 Å². The van der Waals surface area contributed by atoms with Crippen LogP contribution >= 0.6 is 11.6 Å². The first-order valence-corrected chi connectivity index (χ1v) is 12.9. The Morgan fingerprint density at radius 3 is 1.89 bits per heavy atom. The number of likely N-dealkylation sites (N-methyl/N-ethyl adjacent to an activating group) is 2. The highest BCUT2D eigenvalue weighted by molar-refractivity contribution is 6.31. The summed E-state index contributed by atoms with van der Waals surface area (Å²) in [5.74, 6) is 0.992. The van der Waals surface area contributed by atoms with Gasteiger partial charge in [-0.05, 0) is 76.1 Å². The van der Waals surface area contributed by atoms with E-state index >= 15 is 0 Å². The number of hydrogen-bond donors (Lipinski definition) is 0. The van der Waals surface area contributed by atoms with E-state index < -0.39 is 0 Å². The maximum Gasteiger partial charge on any atom is 0.0711 e. The summed E-state index contributed by atoms with van der Waals surface area (Å²) in [6.45, 7) is 10.8. The third kappa shape index (κ3) is 7.06. The zero-order chi connectivity index (χ0) is 25.7. The molecule has 0 saturated heterocycles. The summed E-state index contributed by atoms with van der Waals surface area (Å²) in [6, 6.07) is 6.44. The highest BCUT2D eigenvalue weighted by atomic mass is 35.5. The topological polar surface area (TPSA) is 41.1 Å². The number of halogens is 1. The molecule has 0 amide bonds. The van der Waals surface area contributed by atoms with Gasteiger partial charge in [-0.15, -0.1) is 0 Å². The Balaban J connectivity index is 0.000000196. The van der Waals surface area contributed by atoms with Gasteiger partial charge in [0.05, 0.1) is 23.4 Å².